The van der Waals surface area contributed by atoms with Crippen molar-refractivity contribution in [1.82, 2.24) is 0 Å². The van der Waals surface area contributed by atoms with Crippen LogP contribution >= 0.6 is 0 Å². The highest BCUT2D eigenvalue weighted by Gasteiger charge is 2.37. The molecule has 0 aliphatic carbocycles. The van der Waals surface area contributed by atoms with Gasteiger partial charge in [-0.3, -0.25) is 10.1 Å². The lowest BCUT2D eigenvalue weighted by atomic mass is 10.2. The van der Waals surface area contributed by atoms with Crippen LogP contribution in [-0.2, 0) is 19.6 Å². The van der Waals surface area contributed by atoms with E-state index in [9.17, 15) is 18.0 Å². The third kappa shape index (κ3) is 3.50. The van der Waals surface area contributed by atoms with Crippen molar-refractivity contribution in [2.45, 2.75) is 11.7 Å². The molecule has 1 aliphatic heterocycles. The number of benzene rings is 1. The molecular weight excluding hydrogens is 298 g/mol. The zero-order chi connectivity index (χ0) is 15.6. The highest BCUT2D eigenvalue weighted by atomic mass is 32.2. The number of methoxy groups -OCH3 is 1. The van der Waals surface area contributed by atoms with Crippen LogP contribution in [0, 0.1) is 0 Å². The number of primary sulfonamides is 1. The van der Waals surface area contributed by atoms with E-state index in [4.69, 9.17) is 5.14 Å². The molecule has 2 rings (SSSR count). The topological polar surface area (TPSA) is 119 Å². The first kappa shape index (κ1) is 15.3. The van der Waals surface area contributed by atoms with Crippen LogP contribution in [-0.4, -0.2) is 39.3 Å². The Morgan fingerprint density at radius 1 is 1.48 bits per heavy atom. The first-order chi connectivity index (χ1) is 9.81. The van der Waals surface area contributed by atoms with Crippen molar-refractivity contribution in [3.8, 4) is 0 Å². The summed E-state index contributed by atoms with van der Waals surface area (Å²) in [5.41, 5.74) is 0.922. The van der Waals surface area contributed by atoms with Crippen LogP contribution in [0.15, 0.2) is 24.3 Å². The molecule has 114 valence electrons. The van der Waals surface area contributed by atoms with Gasteiger partial charge in [-0.05, 0) is 18.2 Å². The standard InChI is InChI=1S/C12H15N3O5S/c1-20-12(17)14-8-3-2-4-9(5-8)15-7-10(6-11(15)16)21(13,18)19/h2-5,10H,6-7H2,1H3,(H,14,17)(H2,13,18,19). The van der Waals surface area contributed by atoms with Crippen molar-refractivity contribution < 1.29 is 22.7 Å². The molecule has 1 heterocycles. The van der Waals surface area contributed by atoms with Gasteiger partial charge in [-0.15, -0.1) is 0 Å². The van der Waals surface area contributed by atoms with E-state index in [1.807, 2.05) is 0 Å². The van der Waals surface area contributed by atoms with E-state index in [2.05, 4.69) is 10.1 Å². The second kappa shape index (κ2) is 5.70. The number of hydrogen-bond acceptors (Lipinski definition) is 5. The Morgan fingerprint density at radius 3 is 2.76 bits per heavy atom. The number of nitrogens with one attached hydrogen (secondary N) is 1. The van der Waals surface area contributed by atoms with Crippen LogP contribution in [0.4, 0.5) is 16.2 Å². The molecule has 2 amide bonds. The summed E-state index contributed by atoms with van der Waals surface area (Å²) >= 11 is 0. The van der Waals surface area contributed by atoms with E-state index in [0.29, 0.717) is 11.4 Å². The fourth-order valence-electron chi connectivity index (χ4n) is 2.06. The maximum Gasteiger partial charge on any atom is 0.411 e. The molecule has 1 atom stereocenters. The van der Waals surface area contributed by atoms with Crippen LogP contribution in [0.25, 0.3) is 0 Å². The van der Waals surface area contributed by atoms with Crippen molar-refractivity contribution in [3.05, 3.63) is 24.3 Å². The van der Waals surface area contributed by atoms with Gasteiger partial charge in [-0.25, -0.2) is 18.4 Å². The van der Waals surface area contributed by atoms with Gasteiger partial charge in [0.1, 0.15) is 5.25 Å². The third-order valence-electron chi connectivity index (χ3n) is 3.14. The second-order valence-electron chi connectivity index (χ2n) is 4.59. The monoisotopic (exact) mass is 313 g/mol. The van der Waals surface area contributed by atoms with Gasteiger partial charge in [0, 0.05) is 24.3 Å². The van der Waals surface area contributed by atoms with Gasteiger partial charge >= 0.3 is 6.09 Å². The van der Waals surface area contributed by atoms with Crippen molar-refractivity contribution in [3.63, 3.8) is 0 Å². The smallest absolute Gasteiger partial charge is 0.411 e. The lowest BCUT2D eigenvalue weighted by Crippen LogP contribution is -2.32. The summed E-state index contributed by atoms with van der Waals surface area (Å²) in [5.74, 6) is -0.329. The fourth-order valence-corrected chi connectivity index (χ4v) is 2.80. The number of nitrogens with zero attached hydrogens (tertiary/aromatic N) is 1. The van der Waals surface area contributed by atoms with Crippen molar-refractivity contribution in [2.24, 2.45) is 5.14 Å². The van der Waals surface area contributed by atoms with Crippen molar-refractivity contribution >= 4 is 33.4 Å². The summed E-state index contributed by atoms with van der Waals surface area (Å²) in [5, 5.41) is 6.63. The summed E-state index contributed by atoms with van der Waals surface area (Å²) in [6.07, 6.45) is -0.782. The van der Waals surface area contributed by atoms with Gasteiger partial charge < -0.3 is 9.64 Å². The maximum atomic E-state index is 11.9. The Labute approximate surface area is 121 Å². The van der Waals surface area contributed by atoms with Crippen molar-refractivity contribution in [2.75, 3.05) is 23.9 Å². The molecule has 1 saturated heterocycles. The van der Waals surface area contributed by atoms with Gasteiger partial charge in [0.25, 0.3) is 0 Å². The Kier molecular flexibility index (Phi) is 4.14. The average Bonchev–Trinajstić information content (AvgIpc) is 2.81. The molecule has 0 aromatic heterocycles. The summed E-state index contributed by atoms with van der Waals surface area (Å²) in [7, 11) is -2.53. The molecule has 21 heavy (non-hydrogen) atoms. The molecule has 9 heteroatoms. The SMILES string of the molecule is COC(=O)Nc1cccc(N2CC(S(N)(=O)=O)CC2=O)c1. The number of carbonyl (C=O) groups excluding carboxylic acids is 2. The quantitative estimate of drug-likeness (QED) is 0.829. The lowest BCUT2D eigenvalue weighted by molar-refractivity contribution is -0.117. The summed E-state index contributed by atoms with van der Waals surface area (Å²) < 4.78 is 27.1. The molecular formula is C12H15N3O5S. The van der Waals surface area contributed by atoms with Gasteiger partial charge in [0.05, 0.1) is 7.11 Å². The highest BCUT2D eigenvalue weighted by molar-refractivity contribution is 7.89. The number of carbonyl (C=O) groups is 2. The van der Waals surface area contributed by atoms with E-state index < -0.39 is 21.4 Å². The second-order valence-corrected chi connectivity index (χ2v) is 6.43. The minimum Gasteiger partial charge on any atom is -0.453 e. The lowest BCUT2D eigenvalue weighted by Gasteiger charge is -2.17. The van der Waals surface area contributed by atoms with Gasteiger partial charge in [0.2, 0.25) is 15.9 Å². The Hall–Kier alpha value is -2.13. The Bertz CT molecular complexity index is 673. The Balaban J connectivity index is 2.21. The van der Waals surface area contributed by atoms with Crippen LogP contribution in [0.5, 0.6) is 0 Å². The number of nitrogens with two attached hydrogens (primary N) is 1. The Morgan fingerprint density at radius 2 is 2.19 bits per heavy atom. The zero-order valence-corrected chi connectivity index (χ0v) is 12.1. The number of rotatable bonds is 3. The van der Waals surface area contributed by atoms with E-state index >= 15 is 0 Å². The molecule has 0 spiro atoms. The van der Waals surface area contributed by atoms with E-state index in [1.165, 1.54) is 12.0 Å². The maximum absolute atomic E-state index is 11.9. The summed E-state index contributed by atoms with van der Waals surface area (Å²) in [6, 6.07) is 6.46. The number of anilines is 2. The number of amides is 2. The van der Waals surface area contributed by atoms with E-state index in [-0.39, 0.29) is 18.9 Å². The fraction of sp³-hybridized carbons (Fsp3) is 0.333. The molecule has 0 saturated carbocycles. The average molecular weight is 313 g/mol. The normalized spacial score (nSPS) is 18.7. The minimum absolute atomic E-state index is 0.000651. The van der Waals surface area contributed by atoms with Gasteiger partial charge in [-0.1, -0.05) is 6.07 Å². The minimum atomic E-state index is -3.76. The van der Waals surface area contributed by atoms with Crippen LogP contribution in [0.3, 0.4) is 0 Å². The number of ether oxygens (including phenoxy) is 1. The molecule has 3 N–H and O–H groups in total. The van der Waals surface area contributed by atoms with Crippen LogP contribution in [0.2, 0.25) is 0 Å². The molecule has 1 aromatic rings. The molecule has 0 radical (unpaired) electrons. The molecule has 1 aliphatic rings. The molecule has 1 fully saturated rings. The number of sulfonamides is 1. The van der Waals surface area contributed by atoms with E-state index in [1.54, 1.807) is 24.3 Å². The van der Waals surface area contributed by atoms with Crippen LogP contribution < -0.4 is 15.4 Å². The highest BCUT2D eigenvalue weighted by Crippen LogP contribution is 2.26. The predicted molar refractivity (Wildman–Crippen MR) is 76.3 cm³/mol. The van der Waals surface area contributed by atoms with Crippen LogP contribution in [0.1, 0.15) is 6.42 Å². The number of hydrogen-bond donors (Lipinski definition) is 2. The summed E-state index contributed by atoms with van der Waals surface area (Å²) in [6.45, 7) is -0.000651. The molecule has 1 unspecified atom stereocenters. The molecule has 8 nitrogen and oxygen atoms in total. The first-order valence-electron chi connectivity index (χ1n) is 6.08. The van der Waals surface area contributed by atoms with E-state index in [0.717, 1.165) is 0 Å². The largest absolute Gasteiger partial charge is 0.453 e. The summed E-state index contributed by atoms with van der Waals surface area (Å²) in [4.78, 5) is 24.4. The predicted octanol–water partition coefficient (Wildman–Crippen LogP) is 0.259. The van der Waals surface area contributed by atoms with Gasteiger partial charge in [0.15, 0.2) is 0 Å². The zero-order valence-electron chi connectivity index (χ0n) is 11.3. The van der Waals surface area contributed by atoms with Crippen molar-refractivity contribution in [1.29, 1.82) is 0 Å². The first-order valence-corrected chi connectivity index (χ1v) is 7.69. The molecule has 0 bridgehead atoms. The van der Waals surface area contributed by atoms with Gasteiger partial charge in [-0.2, -0.15) is 0 Å². The molecule has 1 aromatic carbocycles. The third-order valence-corrected chi connectivity index (χ3v) is 4.39.